The minimum atomic E-state index is -4.04. The summed E-state index contributed by atoms with van der Waals surface area (Å²) in [5.41, 5.74) is 2.18. The molecule has 0 saturated heterocycles. The zero-order valence-electron chi connectivity index (χ0n) is 18.8. The molecule has 2 N–H and O–H groups in total. The molecule has 0 bridgehead atoms. The molecular formula is C24H31F2N3O3S. The number of amides is 1. The van der Waals surface area contributed by atoms with Gasteiger partial charge in [-0.2, -0.15) is 0 Å². The third kappa shape index (κ3) is 7.31. The van der Waals surface area contributed by atoms with Gasteiger partial charge in [0.2, 0.25) is 15.9 Å². The molecule has 0 spiro atoms. The Labute approximate surface area is 194 Å². The molecule has 0 aromatic heterocycles. The molecule has 0 atom stereocenters. The Kier molecular flexibility index (Phi) is 8.94. The van der Waals surface area contributed by atoms with Crippen LogP contribution in [0.15, 0.2) is 47.4 Å². The minimum Gasteiger partial charge on any atom is -0.352 e. The van der Waals surface area contributed by atoms with Crippen molar-refractivity contribution < 1.29 is 22.0 Å². The highest BCUT2D eigenvalue weighted by molar-refractivity contribution is 7.89. The van der Waals surface area contributed by atoms with Crippen LogP contribution in [0.2, 0.25) is 0 Å². The van der Waals surface area contributed by atoms with Gasteiger partial charge in [-0.25, -0.2) is 21.9 Å². The van der Waals surface area contributed by atoms with Crippen molar-refractivity contribution in [2.24, 2.45) is 0 Å². The summed E-state index contributed by atoms with van der Waals surface area (Å²) < 4.78 is 53.0. The first-order valence-electron chi connectivity index (χ1n) is 11.2. The average molecular weight is 480 g/mol. The number of carbonyl (C=O) groups is 1. The number of hydrogen-bond donors (Lipinski definition) is 2. The topological polar surface area (TPSA) is 78.5 Å². The van der Waals surface area contributed by atoms with Crippen LogP contribution in [0.5, 0.6) is 0 Å². The molecule has 2 aromatic carbocycles. The zero-order chi connectivity index (χ0) is 23.8. The standard InChI is InChI=1S/C24H31F2N3O3S/c1-29(20-9-3-2-4-10-20)17-19-8-6-5-7-18(19)16-27-24(30)13-14-28-33(31,32)21-11-12-22(25)23(26)15-21/h5-8,11-12,15,20,28H,2-4,9-10,13-14,16-17H2,1H3,(H,27,30). The van der Waals surface area contributed by atoms with Gasteiger partial charge >= 0.3 is 0 Å². The lowest BCUT2D eigenvalue weighted by molar-refractivity contribution is -0.121. The van der Waals surface area contributed by atoms with Crippen molar-refractivity contribution in [3.05, 3.63) is 65.2 Å². The quantitative estimate of drug-likeness (QED) is 0.545. The molecule has 0 radical (unpaired) electrons. The number of nitrogens with one attached hydrogen (secondary N) is 2. The van der Waals surface area contributed by atoms with E-state index in [1.807, 2.05) is 18.2 Å². The molecule has 1 fully saturated rings. The molecule has 3 rings (SSSR count). The maximum absolute atomic E-state index is 13.3. The summed E-state index contributed by atoms with van der Waals surface area (Å²) in [5.74, 6) is -2.68. The van der Waals surface area contributed by atoms with Crippen molar-refractivity contribution in [3.8, 4) is 0 Å². The predicted octanol–water partition coefficient (Wildman–Crippen LogP) is 3.71. The molecule has 1 aliphatic carbocycles. The van der Waals surface area contributed by atoms with E-state index in [9.17, 15) is 22.0 Å². The van der Waals surface area contributed by atoms with Gasteiger partial charge in [0.25, 0.3) is 0 Å². The molecule has 0 unspecified atom stereocenters. The third-order valence-electron chi connectivity index (χ3n) is 6.06. The normalized spacial score (nSPS) is 15.0. The summed E-state index contributed by atoms with van der Waals surface area (Å²) in [7, 11) is -1.89. The first-order chi connectivity index (χ1) is 15.8. The van der Waals surface area contributed by atoms with Crippen LogP contribution in [0.25, 0.3) is 0 Å². The van der Waals surface area contributed by atoms with Crippen molar-refractivity contribution >= 4 is 15.9 Å². The van der Waals surface area contributed by atoms with Crippen molar-refractivity contribution in [2.45, 2.75) is 62.6 Å². The van der Waals surface area contributed by atoms with Crippen LogP contribution in [0.1, 0.15) is 49.7 Å². The van der Waals surface area contributed by atoms with E-state index >= 15 is 0 Å². The summed E-state index contributed by atoms with van der Waals surface area (Å²) in [5, 5.41) is 2.83. The fourth-order valence-electron chi connectivity index (χ4n) is 4.11. The zero-order valence-corrected chi connectivity index (χ0v) is 19.6. The Balaban J connectivity index is 1.48. The third-order valence-corrected chi connectivity index (χ3v) is 7.52. The maximum atomic E-state index is 13.3. The maximum Gasteiger partial charge on any atom is 0.240 e. The Hall–Kier alpha value is -2.36. The second-order valence-corrected chi connectivity index (χ2v) is 10.2. The van der Waals surface area contributed by atoms with Crippen molar-refractivity contribution in [1.82, 2.24) is 14.9 Å². The van der Waals surface area contributed by atoms with Crippen molar-refractivity contribution in [3.63, 3.8) is 0 Å². The highest BCUT2D eigenvalue weighted by Crippen LogP contribution is 2.23. The molecule has 0 heterocycles. The van der Waals surface area contributed by atoms with Crippen LogP contribution in [-0.4, -0.2) is 38.9 Å². The van der Waals surface area contributed by atoms with Crippen LogP contribution >= 0.6 is 0 Å². The molecule has 1 saturated carbocycles. The van der Waals surface area contributed by atoms with Gasteiger partial charge in [0, 0.05) is 32.1 Å². The number of carbonyl (C=O) groups excluding carboxylic acids is 1. The molecule has 6 nitrogen and oxygen atoms in total. The van der Waals surface area contributed by atoms with Gasteiger partial charge < -0.3 is 5.32 Å². The van der Waals surface area contributed by atoms with Gasteiger partial charge in [0.1, 0.15) is 0 Å². The van der Waals surface area contributed by atoms with E-state index < -0.39 is 26.6 Å². The average Bonchev–Trinajstić information content (AvgIpc) is 2.80. The van der Waals surface area contributed by atoms with Gasteiger partial charge in [0.05, 0.1) is 4.90 Å². The molecule has 1 aliphatic rings. The molecule has 0 aliphatic heterocycles. The summed E-state index contributed by atoms with van der Waals surface area (Å²) >= 11 is 0. The lowest BCUT2D eigenvalue weighted by atomic mass is 9.94. The Morgan fingerprint density at radius 2 is 1.73 bits per heavy atom. The van der Waals surface area contributed by atoms with E-state index in [-0.39, 0.29) is 18.9 Å². The van der Waals surface area contributed by atoms with Gasteiger partial charge in [-0.15, -0.1) is 0 Å². The van der Waals surface area contributed by atoms with Crippen LogP contribution in [0.4, 0.5) is 8.78 Å². The van der Waals surface area contributed by atoms with E-state index in [1.54, 1.807) is 0 Å². The Bertz CT molecular complexity index is 1060. The Morgan fingerprint density at radius 1 is 1.03 bits per heavy atom. The van der Waals surface area contributed by atoms with Gasteiger partial charge in [-0.05, 0) is 49.2 Å². The molecule has 2 aromatic rings. The number of benzene rings is 2. The number of hydrogen-bond acceptors (Lipinski definition) is 4. The first kappa shape index (κ1) is 25.3. The second kappa shape index (κ2) is 11.7. The van der Waals surface area contributed by atoms with E-state index in [1.165, 1.54) is 32.1 Å². The predicted molar refractivity (Wildman–Crippen MR) is 123 cm³/mol. The van der Waals surface area contributed by atoms with Crippen molar-refractivity contribution in [2.75, 3.05) is 13.6 Å². The molecular weight excluding hydrogens is 448 g/mol. The van der Waals surface area contributed by atoms with Gasteiger partial charge in [0.15, 0.2) is 11.6 Å². The molecule has 9 heteroatoms. The highest BCUT2D eigenvalue weighted by atomic mass is 32.2. The summed E-state index contributed by atoms with van der Waals surface area (Å²) in [6.07, 6.45) is 6.21. The van der Waals surface area contributed by atoms with Crippen LogP contribution < -0.4 is 10.0 Å². The summed E-state index contributed by atoms with van der Waals surface area (Å²) in [6.45, 7) is 1.01. The largest absolute Gasteiger partial charge is 0.352 e. The molecule has 1 amide bonds. The van der Waals surface area contributed by atoms with E-state index in [2.05, 4.69) is 28.1 Å². The lowest BCUT2D eigenvalue weighted by Crippen LogP contribution is -2.33. The van der Waals surface area contributed by atoms with Crippen LogP contribution in [0, 0.1) is 11.6 Å². The van der Waals surface area contributed by atoms with Crippen molar-refractivity contribution in [1.29, 1.82) is 0 Å². The minimum absolute atomic E-state index is 0.0763. The lowest BCUT2D eigenvalue weighted by Gasteiger charge is -2.31. The smallest absolute Gasteiger partial charge is 0.240 e. The number of halogens is 2. The van der Waals surface area contributed by atoms with E-state index in [0.29, 0.717) is 18.7 Å². The van der Waals surface area contributed by atoms with Crippen LogP contribution in [-0.2, 0) is 27.9 Å². The first-order valence-corrected chi connectivity index (χ1v) is 12.7. The molecule has 180 valence electrons. The highest BCUT2D eigenvalue weighted by Gasteiger charge is 2.19. The fourth-order valence-corrected chi connectivity index (χ4v) is 5.16. The van der Waals surface area contributed by atoms with Gasteiger partial charge in [-0.3, -0.25) is 9.69 Å². The van der Waals surface area contributed by atoms with Crippen LogP contribution in [0.3, 0.4) is 0 Å². The van der Waals surface area contributed by atoms with Gasteiger partial charge in [-0.1, -0.05) is 43.5 Å². The summed E-state index contributed by atoms with van der Waals surface area (Å²) in [6, 6.07) is 10.9. The monoisotopic (exact) mass is 479 g/mol. The number of nitrogens with zero attached hydrogens (tertiary/aromatic N) is 1. The van der Waals surface area contributed by atoms with E-state index in [0.717, 1.165) is 29.8 Å². The molecule has 33 heavy (non-hydrogen) atoms. The fraction of sp³-hybridized carbons (Fsp3) is 0.458. The number of sulfonamides is 1. The number of rotatable bonds is 10. The summed E-state index contributed by atoms with van der Waals surface area (Å²) in [4.78, 5) is 14.2. The Morgan fingerprint density at radius 3 is 2.42 bits per heavy atom. The SMILES string of the molecule is CN(Cc1ccccc1CNC(=O)CCNS(=O)(=O)c1ccc(F)c(F)c1)C1CCCCC1. The van der Waals surface area contributed by atoms with E-state index in [4.69, 9.17) is 0 Å². The second-order valence-electron chi connectivity index (χ2n) is 8.48.